The van der Waals surface area contributed by atoms with Crippen molar-refractivity contribution in [2.45, 2.75) is 25.3 Å². The lowest BCUT2D eigenvalue weighted by Gasteiger charge is -2.22. The lowest BCUT2D eigenvalue weighted by molar-refractivity contribution is -0.137. The molecule has 1 aliphatic rings. The molecule has 1 atom stereocenters. The van der Waals surface area contributed by atoms with E-state index in [1.54, 1.807) is 65.6 Å². The molecule has 6 rings (SSSR count). The first-order valence-corrected chi connectivity index (χ1v) is 15.4. The third kappa shape index (κ3) is 7.55. The normalized spacial score (nSPS) is 13.1. The Kier molecular flexibility index (Phi) is 9.29. The number of anilines is 1. The molecule has 0 aliphatic heterocycles. The zero-order valence-electron chi connectivity index (χ0n) is 25.2. The molecule has 0 unspecified atom stereocenters. The molecule has 0 saturated heterocycles. The van der Waals surface area contributed by atoms with Crippen molar-refractivity contribution in [3.63, 3.8) is 0 Å². The van der Waals surface area contributed by atoms with Crippen molar-refractivity contribution in [2.24, 2.45) is 5.92 Å². The molecular formula is C37H34N4O5. The number of rotatable bonds is 14. The van der Waals surface area contributed by atoms with Gasteiger partial charge in [0, 0.05) is 29.8 Å². The summed E-state index contributed by atoms with van der Waals surface area (Å²) >= 11 is 0. The first-order chi connectivity index (χ1) is 22.4. The van der Waals surface area contributed by atoms with Crippen LogP contribution in [0.2, 0.25) is 0 Å². The Morgan fingerprint density at radius 3 is 2.30 bits per heavy atom. The highest BCUT2D eigenvalue weighted by molar-refractivity contribution is 6.12. The average Bonchev–Trinajstić information content (AvgIpc) is 3.92. The minimum absolute atomic E-state index is 0.164. The van der Waals surface area contributed by atoms with Crippen LogP contribution in [0.25, 0.3) is 11.0 Å². The summed E-state index contributed by atoms with van der Waals surface area (Å²) in [5.74, 6) is -0.262. The number of carbonyl (C=O) groups excluding carboxylic acids is 2. The Labute approximate surface area is 266 Å². The minimum Gasteiger partial charge on any atom is -0.492 e. The van der Waals surface area contributed by atoms with E-state index in [2.05, 4.69) is 15.3 Å². The maximum Gasteiger partial charge on any atom is 0.326 e. The third-order valence-corrected chi connectivity index (χ3v) is 7.96. The molecule has 0 bridgehead atoms. The number of carboxylic acids is 1. The van der Waals surface area contributed by atoms with Gasteiger partial charge in [0.2, 0.25) is 0 Å². The second-order valence-corrected chi connectivity index (χ2v) is 11.4. The van der Waals surface area contributed by atoms with Crippen molar-refractivity contribution in [3.05, 3.63) is 132 Å². The number of nitrogens with zero attached hydrogens (tertiary/aromatic N) is 3. The molecule has 232 valence electrons. The molecule has 9 nitrogen and oxygen atoms in total. The standard InChI is InChI=1S/C37H34N4O5/c42-35(27-8-2-1-3-9-27)29-10-4-5-11-30(29)39-33(37(44)45)22-25-16-18-28(19-17-25)46-21-20-41(24-26-14-15-26)36(43)34-23-38-31-12-6-7-13-32(31)40-34/h1-13,16-19,23,26,33,39H,14-15,20-22,24H2,(H,44,45)/t33-/m0/s1. The van der Waals surface area contributed by atoms with Gasteiger partial charge in [-0.15, -0.1) is 0 Å². The van der Waals surface area contributed by atoms with Gasteiger partial charge in [-0.1, -0.05) is 66.7 Å². The summed E-state index contributed by atoms with van der Waals surface area (Å²) in [5.41, 5.74) is 3.93. The van der Waals surface area contributed by atoms with E-state index < -0.39 is 12.0 Å². The number of fused-ring (bicyclic) bond motifs is 1. The van der Waals surface area contributed by atoms with E-state index in [0.29, 0.717) is 59.4 Å². The molecule has 5 aromatic rings. The lowest BCUT2D eigenvalue weighted by Crippen LogP contribution is -2.36. The van der Waals surface area contributed by atoms with Crippen LogP contribution >= 0.6 is 0 Å². The molecule has 46 heavy (non-hydrogen) atoms. The van der Waals surface area contributed by atoms with Gasteiger partial charge >= 0.3 is 5.97 Å². The molecule has 4 aromatic carbocycles. The van der Waals surface area contributed by atoms with Crippen molar-refractivity contribution in [2.75, 3.05) is 25.0 Å². The summed E-state index contributed by atoms with van der Waals surface area (Å²) in [6.07, 6.45) is 3.94. The Bertz CT molecular complexity index is 1840. The van der Waals surface area contributed by atoms with Gasteiger partial charge in [-0.25, -0.2) is 9.78 Å². The highest BCUT2D eigenvalue weighted by Gasteiger charge is 2.28. The van der Waals surface area contributed by atoms with Gasteiger partial charge in [-0.3, -0.25) is 14.6 Å². The van der Waals surface area contributed by atoms with E-state index in [1.165, 1.54) is 6.20 Å². The van der Waals surface area contributed by atoms with Gasteiger partial charge in [-0.2, -0.15) is 0 Å². The predicted octanol–water partition coefficient (Wildman–Crippen LogP) is 5.90. The van der Waals surface area contributed by atoms with Gasteiger partial charge in [0.05, 0.1) is 23.8 Å². The summed E-state index contributed by atoms with van der Waals surface area (Å²) < 4.78 is 5.98. The fourth-order valence-electron chi connectivity index (χ4n) is 5.28. The van der Waals surface area contributed by atoms with E-state index in [0.717, 1.165) is 23.9 Å². The van der Waals surface area contributed by atoms with Crippen LogP contribution in [0.15, 0.2) is 109 Å². The van der Waals surface area contributed by atoms with Gasteiger partial charge < -0.3 is 20.1 Å². The molecular weight excluding hydrogens is 580 g/mol. The Morgan fingerprint density at radius 2 is 1.57 bits per heavy atom. The van der Waals surface area contributed by atoms with Crippen LogP contribution in [0.3, 0.4) is 0 Å². The van der Waals surface area contributed by atoms with Crippen LogP contribution in [0, 0.1) is 5.92 Å². The molecule has 1 aromatic heterocycles. The van der Waals surface area contributed by atoms with Gasteiger partial charge in [0.1, 0.15) is 24.1 Å². The van der Waals surface area contributed by atoms with Gasteiger partial charge in [0.25, 0.3) is 5.91 Å². The number of carbonyl (C=O) groups is 3. The molecule has 1 aliphatic carbocycles. The average molecular weight is 615 g/mol. The van der Waals surface area contributed by atoms with Crippen LogP contribution in [-0.2, 0) is 11.2 Å². The van der Waals surface area contributed by atoms with E-state index in [1.807, 2.05) is 42.5 Å². The first kappa shape index (κ1) is 30.5. The van der Waals surface area contributed by atoms with Crippen molar-refractivity contribution >= 4 is 34.4 Å². The first-order valence-electron chi connectivity index (χ1n) is 15.4. The van der Waals surface area contributed by atoms with Crippen molar-refractivity contribution in [1.29, 1.82) is 0 Å². The number of aromatic nitrogens is 2. The molecule has 9 heteroatoms. The van der Waals surface area contributed by atoms with E-state index in [4.69, 9.17) is 4.74 Å². The van der Waals surface area contributed by atoms with Crippen LogP contribution < -0.4 is 10.1 Å². The molecule has 2 N–H and O–H groups in total. The van der Waals surface area contributed by atoms with Crippen molar-refractivity contribution < 1.29 is 24.2 Å². The number of ether oxygens (including phenoxy) is 1. The number of amides is 1. The third-order valence-electron chi connectivity index (χ3n) is 7.96. The number of ketones is 1. The molecule has 1 fully saturated rings. The van der Waals surface area contributed by atoms with Crippen LogP contribution in [0.5, 0.6) is 5.75 Å². The van der Waals surface area contributed by atoms with Gasteiger partial charge in [0.15, 0.2) is 5.78 Å². The van der Waals surface area contributed by atoms with Crippen LogP contribution in [0.1, 0.15) is 44.8 Å². The number of nitrogens with one attached hydrogen (secondary N) is 1. The molecule has 1 heterocycles. The Hall–Kier alpha value is -5.57. The summed E-state index contributed by atoms with van der Waals surface area (Å²) in [6, 6.07) is 29.6. The summed E-state index contributed by atoms with van der Waals surface area (Å²) in [4.78, 5) is 49.4. The maximum absolute atomic E-state index is 13.4. The number of benzene rings is 4. The fraction of sp³-hybridized carbons (Fsp3) is 0.216. The number of hydrogen-bond donors (Lipinski definition) is 2. The quantitative estimate of drug-likeness (QED) is 0.148. The monoisotopic (exact) mass is 614 g/mol. The maximum atomic E-state index is 13.4. The predicted molar refractivity (Wildman–Crippen MR) is 175 cm³/mol. The Balaban J connectivity index is 1.07. The molecule has 1 amide bonds. The lowest BCUT2D eigenvalue weighted by atomic mass is 10.00. The molecule has 0 spiro atoms. The highest BCUT2D eigenvalue weighted by Crippen LogP contribution is 2.30. The van der Waals surface area contributed by atoms with Crippen molar-refractivity contribution in [3.8, 4) is 5.75 Å². The zero-order chi connectivity index (χ0) is 31.9. The summed E-state index contributed by atoms with van der Waals surface area (Å²) in [7, 11) is 0. The van der Waals surface area contributed by atoms with E-state index >= 15 is 0 Å². The van der Waals surface area contributed by atoms with E-state index in [-0.39, 0.29) is 18.1 Å². The minimum atomic E-state index is -1.03. The van der Waals surface area contributed by atoms with Crippen LogP contribution in [0.4, 0.5) is 5.69 Å². The SMILES string of the molecule is O=C(c1ccccc1)c1ccccc1N[C@@H](Cc1ccc(OCCN(CC2CC2)C(=O)c2cnc3ccccc3n2)cc1)C(=O)O. The number of aliphatic carboxylic acids is 1. The number of hydrogen-bond acceptors (Lipinski definition) is 7. The topological polar surface area (TPSA) is 122 Å². The largest absolute Gasteiger partial charge is 0.492 e. The fourth-order valence-corrected chi connectivity index (χ4v) is 5.28. The van der Waals surface area contributed by atoms with Crippen molar-refractivity contribution in [1.82, 2.24) is 14.9 Å². The zero-order valence-corrected chi connectivity index (χ0v) is 25.2. The molecule has 0 radical (unpaired) electrons. The second kappa shape index (κ2) is 14.0. The Morgan fingerprint density at radius 1 is 0.870 bits per heavy atom. The second-order valence-electron chi connectivity index (χ2n) is 11.4. The van der Waals surface area contributed by atoms with E-state index in [9.17, 15) is 19.5 Å². The molecule has 1 saturated carbocycles. The number of carboxylic acid groups (broad SMARTS) is 1. The van der Waals surface area contributed by atoms with Gasteiger partial charge in [-0.05, 0) is 60.7 Å². The number of para-hydroxylation sites is 3. The highest BCUT2D eigenvalue weighted by atomic mass is 16.5. The summed E-state index contributed by atoms with van der Waals surface area (Å²) in [5, 5.41) is 13.1. The summed E-state index contributed by atoms with van der Waals surface area (Å²) in [6.45, 7) is 1.35. The smallest absolute Gasteiger partial charge is 0.326 e. The van der Waals surface area contributed by atoms with Crippen LogP contribution in [-0.4, -0.2) is 63.4 Å².